The van der Waals surface area contributed by atoms with E-state index in [0.29, 0.717) is 24.3 Å². The average Bonchev–Trinajstić information content (AvgIpc) is 2.39. The highest BCUT2D eigenvalue weighted by molar-refractivity contribution is 5.30. The molecule has 0 saturated carbocycles. The number of nitrogens with zero attached hydrogens (tertiary/aromatic N) is 1. The van der Waals surface area contributed by atoms with E-state index >= 15 is 0 Å². The molecule has 0 spiro atoms. The number of nitrogens with two attached hydrogens (primary N) is 1. The summed E-state index contributed by atoms with van der Waals surface area (Å²) in [5.74, 6) is 0.183. The van der Waals surface area contributed by atoms with Crippen molar-refractivity contribution < 1.29 is 9.13 Å². The molecular formula is C15H17FN2O. The molecule has 0 fully saturated rings. The largest absolute Gasteiger partial charge is 0.493 e. The molecule has 19 heavy (non-hydrogen) atoms. The Labute approximate surface area is 112 Å². The molecule has 0 aliphatic heterocycles. The first-order valence-electron chi connectivity index (χ1n) is 6.24. The van der Waals surface area contributed by atoms with E-state index in [0.717, 1.165) is 5.69 Å². The van der Waals surface area contributed by atoms with Crippen molar-refractivity contribution in [1.29, 1.82) is 0 Å². The number of rotatable bonds is 5. The Morgan fingerprint density at radius 3 is 2.79 bits per heavy atom. The van der Waals surface area contributed by atoms with Gasteiger partial charge < -0.3 is 10.5 Å². The number of pyridine rings is 1. The van der Waals surface area contributed by atoms with E-state index in [1.165, 1.54) is 6.07 Å². The average molecular weight is 260 g/mol. The van der Waals surface area contributed by atoms with Gasteiger partial charge in [-0.1, -0.05) is 12.1 Å². The number of halogens is 1. The topological polar surface area (TPSA) is 48.1 Å². The van der Waals surface area contributed by atoms with E-state index in [4.69, 9.17) is 10.5 Å². The maximum atomic E-state index is 13.7. The molecule has 0 radical (unpaired) electrons. The van der Waals surface area contributed by atoms with Gasteiger partial charge in [-0.15, -0.1) is 0 Å². The lowest BCUT2D eigenvalue weighted by atomic mass is 10.1. The highest BCUT2D eigenvalue weighted by atomic mass is 19.1. The highest BCUT2D eigenvalue weighted by Crippen LogP contribution is 2.20. The molecule has 2 rings (SSSR count). The summed E-state index contributed by atoms with van der Waals surface area (Å²) in [7, 11) is 0. The van der Waals surface area contributed by atoms with Gasteiger partial charge in [-0.2, -0.15) is 0 Å². The van der Waals surface area contributed by atoms with Crippen LogP contribution in [0.5, 0.6) is 5.75 Å². The molecule has 0 saturated heterocycles. The Hall–Kier alpha value is -1.94. The van der Waals surface area contributed by atoms with Gasteiger partial charge in [0.2, 0.25) is 0 Å². The third-order valence-corrected chi connectivity index (χ3v) is 2.82. The number of hydrogen-bond acceptors (Lipinski definition) is 3. The van der Waals surface area contributed by atoms with Crippen LogP contribution in [0.25, 0.3) is 0 Å². The zero-order chi connectivity index (χ0) is 13.7. The van der Waals surface area contributed by atoms with E-state index in [9.17, 15) is 4.39 Å². The van der Waals surface area contributed by atoms with Crippen molar-refractivity contribution in [2.45, 2.75) is 19.4 Å². The summed E-state index contributed by atoms with van der Waals surface area (Å²) in [4.78, 5) is 4.19. The zero-order valence-corrected chi connectivity index (χ0v) is 10.8. The van der Waals surface area contributed by atoms with Gasteiger partial charge in [-0.05, 0) is 25.1 Å². The van der Waals surface area contributed by atoms with Crippen LogP contribution in [-0.4, -0.2) is 11.6 Å². The molecule has 3 nitrogen and oxygen atoms in total. The van der Waals surface area contributed by atoms with Crippen LogP contribution in [0.2, 0.25) is 0 Å². The van der Waals surface area contributed by atoms with Crippen molar-refractivity contribution >= 4 is 0 Å². The van der Waals surface area contributed by atoms with Crippen molar-refractivity contribution in [1.82, 2.24) is 4.98 Å². The minimum absolute atomic E-state index is 0.317. The van der Waals surface area contributed by atoms with E-state index in [-0.39, 0.29) is 11.9 Å². The molecule has 2 aromatic rings. The first-order valence-corrected chi connectivity index (χ1v) is 6.24. The summed E-state index contributed by atoms with van der Waals surface area (Å²) in [5.41, 5.74) is 7.10. The van der Waals surface area contributed by atoms with Crippen molar-refractivity contribution in [3.63, 3.8) is 0 Å². The smallest absolute Gasteiger partial charge is 0.131 e. The van der Waals surface area contributed by atoms with Crippen LogP contribution in [0.1, 0.15) is 24.2 Å². The molecule has 0 aliphatic carbocycles. The first-order chi connectivity index (χ1) is 9.16. The second kappa shape index (κ2) is 6.29. The van der Waals surface area contributed by atoms with Crippen LogP contribution in [0.4, 0.5) is 4.39 Å². The van der Waals surface area contributed by atoms with Crippen LogP contribution < -0.4 is 10.5 Å². The van der Waals surface area contributed by atoms with Crippen molar-refractivity contribution in [2.75, 3.05) is 6.61 Å². The third-order valence-electron chi connectivity index (χ3n) is 2.82. The summed E-state index contributed by atoms with van der Waals surface area (Å²) < 4.78 is 19.2. The lowest BCUT2D eigenvalue weighted by Gasteiger charge is -2.10. The molecule has 100 valence electrons. The lowest BCUT2D eigenvalue weighted by molar-refractivity contribution is 0.318. The first kappa shape index (κ1) is 13.5. The van der Waals surface area contributed by atoms with Crippen molar-refractivity contribution in [3.05, 3.63) is 59.7 Å². The van der Waals surface area contributed by atoms with Crippen LogP contribution in [0, 0.1) is 5.82 Å². The van der Waals surface area contributed by atoms with Gasteiger partial charge in [0.1, 0.15) is 11.6 Å². The predicted molar refractivity (Wildman–Crippen MR) is 72.4 cm³/mol. The van der Waals surface area contributed by atoms with E-state index < -0.39 is 0 Å². The molecule has 0 amide bonds. The Bertz CT molecular complexity index is 529. The summed E-state index contributed by atoms with van der Waals surface area (Å²) >= 11 is 0. The SMILES string of the molecule is C[C@@H](N)c1ccc(OCCc2ccccn2)cc1F. The Balaban J connectivity index is 1.92. The highest BCUT2D eigenvalue weighted by Gasteiger charge is 2.08. The van der Waals surface area contributed by atoms with Gasteiger partial charge >= 0.3 is 0 Å². The number of benzene rings is 1. The van der Waals surface area contributed by atoms with Gasteiger partial charge in [0.05, 0.1) is 6.61 Å². The maximum absolute atomic E-state index is 13.7. The minimum atomic E-state index is -0.328. The van der Waals surface area contributed by atoms with Crippen LogP contribution in [0.3, 0.4) is 0 Å². The molecule has 1 aromatic carbocycles. The van der Waals surface area contributed by atoms with E-state index in [1.807, 2.05) is 18.2 Å². The van der Waals surface area contributed by atoms with Crippen molar-refractivity contribution in [2.24, 2.45) is 5.73 Å². The summed E-state index contributed by atoms with van der Waals surface area (Å²) in [6, 6.07) is 10.2. The van der Waals surface area contributed by atoms with Crippen LogP contribution in [-0.2, 0) is 6.42 Å². The quantitative estimate of drug-likeness (QED) is 0.899. The van der Waals surface area contributed by atoms with Crippen LogP contribution >= 0.6 is 0 Å². The number of ether oxygens (including phenoxy) is 1. The molecular weight excluding hydrogens is 243 g/mol. The lowest BCUT2D eigenvalue weighted by Crippen LogP contribution is -2.08. The third kappa shape index (κ3) is 3.76. The van der Waals surface area contributed by atoms with E-state index in [2.05, 4.69) is 4.98 Å². The minimum Gasteiger partial charge on any atom is -0.493 e. The predicted octanol–water partition coefficient (Wildman–Crippen LogP) is 2.86. The summed E-state index contributed by atoms with van der Waals surface area (Å²) in [6.07, 6.45) is 2.43. The monoisotopic (exact) mass is 260 g/mol. The second-order valence-electron chi connectivity index (χ2n) is 4.39. The van der Waals surface area contributed by atoms with Crippen LogP contribution in [0.15, 0.2) is 42.6 Å². The number of aromatic nitrogens is 1. The van der Waals surface area contributed by atoms with Gasteiger partial charge in [-0.25, -0.2) is 4.39 Å². The Kier molecular flexibility index (Phi) is 4.47. The molecule has 1 atom stereocenters. The zero-order valence-electron chi connectivity index (χ0n) is 10.8. The molecule has 1 aromatic heterocycles. The molecule has 1 heterocycles. The van der Waals surface area contributed by atoms with Gasteiger partial charge in [0.25, 0.3) is 0 Å². The Morgan fingerprint density at radius 2 is 2.16 bits per heavy atom. The Morgan fingerprint density at radius 1 is 1.32 bits per heavy atom. The van der Waals surface area contributed by atoms with Gasteiger partial charge in [-0.3, -0.25) is 4.98 Å². The second-order valence-corrected chi connectivity index (χ2v) is 4.39. The molecule has 0 aliphatic rings. The van der Waals surface area contributed by atoms with E-state index in [1.54, 1.807) is 25.3 Å². The summed E-state index contributed by atoms with van der Waals surface area (Å²) in [5, 5.41) is 0. The molecule has 2 N–H and O–H groups in total. The fraction of sp³-hybridized carbons (Fsp3) is 0.267. The number of hydrogen-bond donors (Lipinski definition) is 1. The normalized spacial score (nSPS) is 12.2. The summed E-state index contributed by atoms with van der Waals surface area (Å²) in [6.45, 7) is 2.22. The van der Waals surface area contributed by atoms with Gasteiger partial charge in [0, 0.05) is 36.0 Å². The molecule has 0 bridgehead atoms. The fourth-order valence-electron chi connectivity index (χ4n) is 1.79. The molecule has 0 unspecified atom stereocenters. The fourth-order valence-corrected chi connectivity index (χ4v) is 1.79. The maximum Gasteiger partial charge on any atom is 0.131 e. The standard InChI is InChI=1S/C15H17FN2O/c1-11(17)14-6-5-13(10-15(14)16)19-9-7-12-4-2-3-8-18-12/h2-6,8,10-11H,7,9,17H2,1H3/t11-/m1/s1. The molecule has 4 heteroatoms. The van der Waals surface area contributed by atoms with Crippen molar-refractivity contribution in [3.8, 4) is 5.75 Å². The van der Waals surface area contributed by atoms with Gasteiger partial charge in [0.15, 0.2) is 0 Å².